The molecule has 0 saturated carbocycles. The monoisotopic (exact) mass is 1470 g/mol. The smallest absolute Gasteiger partial charge is 0.103 e. The van der Waals surface area contributed by atoms with Gasteiger partial charge in [0.25, 0.3) is 0 Å². The maximum Gasteiger partial charge on any atom is 0.103 e. The van der Waals surface area contributed by atoms with Crippen LogP contribution < -0.4 is 0 Å². The maximum atomic E-state index is 12.8. The van der Waals surface area contributed by atoms with Crippen molar-refractivity contribution in [2.24, 2.45) is 0 Å². The lowest BCUT2D eigenvalue weighted by Crippen LogP contribution is -2.17. The number of para-hydroxylation sites is 6. The Kier molecular flexibility index (Phi) is 15.0. The van der Waals surface area contributed by atoms with E-state index in [1.54, 1.807) is 0 Å². The summed E-state index contributed by atoms with van der Waals surface area (Å²) in [6, 6.07) is 106. The van der Waals surface area contributed by atoms with Crippen molar-refractivity contribution in [3.05, 3.63) is 323 Å². The summed E-state index contributed by atoms with van der Waals surface area (Å²) in [6.45, 7) is 28.0. The van der Waals surface area contributed by atoms with Crippen LogP contribution in [0, 0.1) is 22.7 Å². The van der Waals surface area contributed by atoms with Crippen molar-refractivity contribution < 1.29 is 0 Å². The largest absolute Gasteiger partial charge is 0.306 e. The Morgan fingerprint density at radius 2 is 0.482 bits per heavy atom. The second-order valence-electron chi connectivity index (χ2n) is 36.6. The lowest BCUT2D eigenvalue weighted by molar-refractivity contribution is 0.591. The van der Waals surface area contributed by atoms with Gasteiger partial charge in [-0.3, -0.25) is 0 Å². The molecule has 0 saturated heterocycles. The Labute approximate surface area is 664 Å². The summed E-state index contributed by atoms with van der Waals surface area (Å²) >= 11 is 0. The van der Waals surface area contributed by atoms with Crippen LogP contribution in [0.2, 0.25) is 0 Å². The third kappa shape index (κ3) is 10.4. The predicted molar refractivity (Wildman–Crippen MR) is 483 cm³/mol. The number of nitriles is 2. The Balaban J connectivity index is 0.878. The van der Waals surface area contributed by atoms with Crippen molar-refractivity contribution in [1.29, 1.82) is 10.5 Å². The van der Waals surface area contributed by atoms with Gasteiger partial charge in [-0.25, -0.2) is 0 Å². The molecule has 0 aliphatic carbocycles. The average molecular weight is 1470 g/mol. The lowest BCUT2D eigenvalue weighted by atomic mass is 9.80. The summed E-state index contributed by atoms with van der Waals surface area (Å²) in [5.41, 5.74) is 21.3. The molecule has 21 aromatic rings. The van der Waals surface area contributed by atoms with Gasteiger partial charge in [0.2, 0.25) is 0 Å². The Hall–Kier alpha value is -13.0. The quantitative estimate of drug-likeness (QED) is 0.128. The van der Waals surface area contributed by atoms with E-state index in [9.17, 15) is 10.5 Å². The summed E-state index contributed by atoms with van der Waals surface area (Å²) < 4.78 is 9.54. The first-order chi connectivity index (χ1) is 55.0. The van der Waals surface area contributed by atoms with Crippen molar-refractivity contribution in [3.63, 3.8) is 0 Å². The van der Waals surface area contributed by atoms with E-state index < -0.39 is 0 Å². The molecule has 6 nitrogen and oxygen atoms in total. The fraction of sp³-hybridized carbons (Fsp3) is 0.185. The normalized spacial score (nSPS) is 12.9. The van der Waals surface area contributed by atoms with E-state index in [4.69, 9.17) is 0 Å². The van der Waals surface area contributed by atoms with Crippen LogP contribution >= 0.6 is 0 Å². The molecule has 0 bridgehead atoms. The molecule has 0 aliphatic rings. The molecule has 0 aliphatic heterocycles. The highest BCUT2D eigenvalue weighted by Gasteiger charge is 2.36. The molecule has 0 atom stereocenters. The first-order valence-electron chi connectivity index (χ1n) is 40.6. The maximum absolute atomic E-state index is 12.8. The number of hydrogen-bond acceptors (Lipinski definition) is 2. The van der Waals surface area contributed by atoms with Crippen molar-refractivity contribution in [1.82, 2.24) is 18.3 Å². The molecule has 0 fully saturated rings. The minimum Gasteiger partial charge on any atom is -0.306 e. The molecule has 6 heteroatoms. The van der Waals surface area contributed by atoms with E-state index in [1.165, 1.54) is 109 Å². The molecule has 114 heavy (non-hydrogen) atoms. The predicted octanol–water partition coefficient (Wildman–Crippen LogP) is 28.4. The fourth-order valence-corrected chi connectivity index (χ4v) is 19.6. The van der Waals surface area contributed by atoms with Crippen LogP contribution in [0.4, 0.5) is 0 Å². The number of aromatic nitrogens is 4. The molecule has 4 aromatic heterocycles. The molecule has 550 valence electrons. The number of aryl methyl sites for hydroxylation is 4. The van der Waals surface area contributed by atoms with E-state index in [1.807, 2.05) is 0 Å². The molecule has 4 heterocycles. The van der Waals surface area contributed by atoms with E-state index in [0.717, 1.165) is 124 Å². The van der Waals surface area contributed by atoms with Crippen LogP contribution in [0.5, 0.6) is 0 Å². The van der Waals surface area contributed by atoms with Gasteiger partial charge in [0.15, 0.2) is 0 Å². The minimum absolute atomic E-state index is 0.0385. The van der Waals surface area contributed by atoms with Crippen LogP contribution in [0.25, 0.3) is 175 Å². The Morgan fingerprint density at radius 3 is 0.772 bits per heavy atom. The van der Waals surface area contributed by atoms with Crippen LogP contribution in [-0.4, -0.2) is 18.3 Å². The van der Waals surface area contributed by atoms with E-state index in [0.29, 0.717) is 11.4 Å². The lowest BCUT2D eigenvalue weighted by Gasteiger charge is -2.27. The van der Waals surface area contributed by atoms with Crippen molar-refractivity contribution >= 4 is 152 Å². The molecule has 0 radical (unpaired) electrons. The van der Waals surface area contributed by atoms with Gasteiger partial charge in [-0.2, -0.15) is 10.5 Å². The number of benzene rings is 17. The SMILES string of the molecule is CC(C)(C)c1cc2ccc3cc(C(C)(C)C)cc4c(CCc5ccc6c(c5)c5cc(CCc7cc8cc(C(C)(C)C)cc9ccc%10cc(C(C)(C)C)cc7c%10c98)ccc5n6-c5c(-n6c7ccccc7c7ccccc76)c(C#N)c(C#N)c(-n6c7ccccc7c7ccccc76)c5-n5c6ccccc6c6ccccc65)cc(c1)c2c34. The van der Waals surface area contributed by atoms with Crippen LogP contribution in [-0.2, 0) is 47.3 Å². The summed E-state index contributed by atoms with van der Waals surface area (Å²) in [6.07, 6.45) is 3.21. The molecule has 0 unspecified atom stereocenters. The zero-order chi connectivity index (χ0) is 77.9. The van der Waals surface area contributed by atoms with Crippen molar-refractivity contribution in [2.45, 2.75) is 130 Å². The average Bonchev–Trinajstić information content (AvgIpc) is 1.50. The van der Waals surface area contributed by atoms with Crippen molar-refractivity contribution in [3.8, 4) is 34.9 Å². The van der Waals surface area contributed by atoms with E-state index in [-0.39, 0.29) is 32.8 Å². The van der Waals surface area contributed by atoms with Gasteiger partial charge >= 0.3 is 0 Å². The third-order valence-corrected chi connectivity index (χ3v) is 25.5. The zero-order valence-corrected chi connectivity index (χ0v) is 66.9. The summed E-state index contributed by atoms with van der Waals surface area (Å²) in [7, 11) is 0. The zero-order valence-electron chi connectivity index (χ0n) is 66.9. The van der Waals surface area contributed by atoms with Gasteiger partial charge in [0.1, 0.15) is 12.1 Å². The van der Waals surface area contributed by atoms with E-state index in [2.05, 4.69) is 380 Å². The third-order valence-electron chi connectivity index (χ3n) is 25.5. The van der Waals surface area contributed by atoms with Gasteiger partial charge in [-0.1, -0.05) is 289 Å². The number of nitrogens with zero attached hydrogens (tertiary/aromatic N) is 6. The standard InChI is InChI=1S/C108H88N6/c1-105(2,3)73-53-67-43-45-69-55-75(107(7,8)9)59-83-65(51-71(57-73)97(67)99(69)83)41-37-63-39-47-95-85(49-63)86-50-64(38-42-66-52-72-58-74(106(4,5)6)54-68-44-46-70-56-76(108(10,11)12)60-84(66)100(70)98(68)72)40-48-96(86)114(95)104-102(112-91-33-21-15-27-79(91)80-28-16-22-34-92(80)112)88(62-110)87(61-109)101(111-89-31-19-13-25-77(89)78-26-14-20-32-90(78)111)103(104)113-93-35-23-17-29-81(93)82-30-18-24-36-94(82)113/h13-36,39-40,43-60H,37-38,41-42H2,1-12H3. The second-order valence-corrected chi connectivity index (χ2v) is 36.6. The number of fused-ring (bicyclic) bond motifs is 12. The molecular weight excluding hydrogens is 1380 g/mol. The van der Waals surface area contributed by atoms with Crippen LogP contribution in [0.1, 0.15) is 139 Å². The van der Waals surface area contributed by atoms with Gasteiger partial charge in [-0.15, -0.1) is 0 Å². The Bertz CT molecular complexity index is 7380. The highest BCUT2D eigenvalue weighted by atomic mass is 15.1. The first-order valence-corrected chi connectivity index (χ1v) is 40.6. The minimum atomic E-state index is -0.0669. The van der Waals surface area contributed by atoms with Gasteiger partial charge in [0, 0.05) is 43.1 Å². The van der Waals surface area contributed by atoms with E-state index >= 15 is 0 Å². The molecule has 0 amide bonds. The molecule has 17 aromatic carbocycles. The Morgan fingerprint density at radius 1 is 0.228 bits per heavy atom. The first kappa shape index (κ1) is 69.0. The highest BCUT2D eigenvalue weighted by Crippen LogP contribution is 2.52. The van der Waals surface area contributed by atoms with Gasteiger partial charge < -0.3 is 18.3 Å². The highest BCUT2D eigenvalue weighted by molar-refractivity contribution is 6.26. The van der Waals surface area contributed by atoms with Crippen molar-refractivity contribution in [2.75, 3.05) is 0 Å². The molecule has 21 rings (SSSR count). The van der Waals surface area contributed by atoms with Crippen LogP contribution in [0.3, 0.4) is 0 Å². The summed E-state index contributed by atoms with van der Waals surface area (Å²) in [5.74, 6) is 0. The number of hydrogen-bond donors (Lipinski definition) is 0. The topological polar surface area (TPSA) is 67.3 Å². The molecule has 0 spiro atoms. The number of rotatable bonds is 10. The molecular formula is C108H88N6. The molecule has 0 N–H and O–H groups in total. The summed E-state index contributed by atoms with van der Waals surface area (Å²) in [5, 5.41) is 49.8. The van der Waals surface area contributed by atoms with Crippen LogP contribution in [0.15, 0.2) is 267 Å². The van der Waals surface area contributed by atoms with Gasteiger partial charge in [-0.05, 0) is 217 Å². The fourth-order valence-electron chi connectivity index (χ4n) is 19.6. The second kappa shape index (κ2) is 24.7. The van der Waals surface area contributed by atoms with Gasteiger partial charge in [0.05, 0.1) is 78.0 Å². The summed E-state index contributed by atoms with van der Waals surface area (Å²) in [4.78, 5) is 0.